The fourth-order valence-corrected chi connectivity index (χ4v) is 4.00. The van der Waals surface area contributed by atoms with Crippen molar-refractivity contribution in [2.45, 2.75) is 46.7 Å². The van der Waals surface area contributed by atoms with Crippen LogP contribution in [0.4, 0.5) is 5.69 Å². The van der Waals surface area contributed by atoms with Crippen molar-refractivity contribution >= 4 is 17.6 Å². The van der Waals surface area contributed by atoms with Crippen LogP contribution in [0.5, 0.6) is 0 Å². The molecule has 1 atom stereocenters. The maximum absolute atomic E-state index is 12.5. The molecule has 0 saturated carbocycles. The average Bonchev–Trinajstić information content (AvgIpc) is 3.27. The van der Waals surface area contributed by atoms with Crippen molar-refractivity contribution in [2.24, 2.45) is 4.99 Å². The molecule has 6 nitrogen and oxygen atoms in total. The molecular weight excluding hydrogens is 398 g/mol. The van der Waals surface area contributed by atoms with Gasteiger partial charge in [-0.15, -0.1) is 0 Å². The van der Waals surface area contributed by atoms with Crippen molar-refractivity contribution in [3.8, 4) is 0 Å². The van der Waals surface area contributed by atoms with Crippen LogP contribution in [0.1, 0.15) is 48.7 Å². The molecule has 0 aromatic heterocycles. The Morgan fingerprint density at radius 1 is 1.06 bits per heavy atom. The highest BCUT2D eigenvalue weighted by molar-refractivity contribution is 5.94. The van der Waals surface area contributed by atoms with Crippen molar-refractivity contribution in [1.29, 1.82) is 0 Å². The molecule has 1 amide bonds. The summed E-state index contributed by atoms with van der Waals surface area (Å²) in [6.07, 6.45) is 1.08. The Morgan fingerprint density at radius 2 is 1.75 bits per heavy atom. The number of rotatable bonds is 8. The monoisotopic (exact) mass is 435 g/mol. The van der Waals surface area contributed by atoms with E-state index in [9.17, 15) is 4.79 Å². The fourth-order valence-electron chi connectivity index (χ4n) is 4.00. The van der Waals surface area contributed by atoms with E-state index in [1.54, 1.807) is 0 Å². The van der Waals surface area contributed by atoms with Crippen molar-refractivity contribution in [3.05, 3.63) is 65.2 Å². The molecule has 2 aromatic carbocycles. The number of carbonyl (C=O) groups is 1. The Hall–Kier alpha value is -3.02. The first-order valence-corrected chi connectivity index (χ1v) is 11.8. The van der Waals surface area contributed by atoms with Crippen LogP contribution < -0.4 is 15.5 Å². The van der Waals surface area contributed by atoms with Gasteiger partial charge in [-0.2, -0.15) is 0 Å². The molecule has 0 aliphatic carbocycles. The van der Waals surface area contributed by atoms with Crippen molar-refractivity contribution in [3.63, 3.8) is 0 Å². The molecule has 1 heterocycles. The quantitative estimate of drug-likeness (QED) is 0.489. The minimum absolute atomic E-state index is 0.0828. The van der Waals surface area contributed by atoms with Gasteiger partial charge in [0.05, 0.1) is 6.54 Å². The third-order valence-electron chi connectivity index (χ3n) is 5.94. The van der Waals surface area contributed by atoms with Gasteiger partial charge in [-0.1, -0.05) is 29.8 Å². The van der Waals surface area contributed by atoms with E-state index in [-0.39, 0.29) is 5.91 Å². The zero-order valence-corrected chi connectivity index (χ0v) is 19.9. The van der Waals surface area contributed by atoms with E-state index in [0.717, 1.165) is 56.2 Å². The third-order valence-corrected chi connectivity index (χ3v) is 5.94. The molecule has 3 rings (SSSR count). The van der Waals surface area contributed by atoms with Gasteiger partial charge < -0.3 is 20.4 Å². The first-order valence-electron chi connectivity index (χ1n) is 11.8. The normalized spacial score (nSPS) is 16.2. The number of amides is 1. The summed E-state index contributed by atoms with van der Waals surface area (Å²) in [6, 6.07) is 16.9. The second-order valence-corrected chi connectivity index (χ2v) is 8.28. The number of aliphatic imine (C=N–C) groups is 1. The second-order valence-electron chi connectivity index (χ2n) is 8.28. The molecular formula is C26H37N5O. The molecule has 1 aliphatic heterocycles. The number of aryl methyl sites for hydroxylation is 1. The summed E-state index contributed by atoms with van der Waals surface area (Å²) in [4.78, 5) is 21.5. The van der Waals surface area contributed by atoms with Crippen LogP contribution in [-0.4, -0.2) is 55.5 Å². The van der Waals surface area contributed by atoms with E-state index in [1.165, 1.54) is 11.3 Å². The highest BCUT2D eigenvalue weighted by Gasteiger charge is 2.23. The van der Waals surface area contributed by atoms with Gasteiger partial charge in [-0.3, -0.25) is 4.79 Å². The van der Waals surface area contributed by atoms with Crippen LogP contribution in [0.15, 0.2) is 53.5 Å². The topological polar surface area (TPSA) is 60.0 Å². The van der Waals surface area contributed by atoms with Crippen LogP contribution in [0.25, 0.3) is 0 Å². The molecule has 0 radical (unpaired) electrons. The molecule has 2 N–H and O–H groups in total. The molecule has 0 spiro atoms. The van der Waals surface area contributed by atoms with Crippen LogP contribution in [0.3, 0.4) is 0 Å². The lowest BCUT2D eigenvalue weighted by Crippen LogP contribution is -2.44. The van der Waals surface area contributed by atoms with Crippen molar-refractivity contribution in [2.75, 3.05) is 37.6 Å². The van der Waals surface area contributed by atoms with Gasteiger partial charge in [0, 0.05) is 50.0 Å². The SMILES string of the molecule is CCNC(=NCc1ccc(C(=O)N(CC)CC)cc1)NC1CCN(c2ccc(C)cc2)C1. The molecule has 6 heteroatoms. The van der Waals surface area contributed by atoms with Crippen molar-refractivity contribution < 1.29 is 4.79 Å². The van der Waals surface area contributed by atoms with E-state index in [1.807, 2.05) is 43.0 Å². The average molecular weight is 436 g/mol. The Bertz CT molecular complexity index is 887. The molecule has 0 bridgehead atoms. The Kier molecular flexibility index (Phi) is 8.54. The standard InChI is InChI=1S/C26H37N5O/c1-5-27-26(29-23-16-17-31(19-23)24-14-8-20(4)9-15-24)28-18-21-10-12-22(13-11-21)25(32)30(6-2)7-3/h8-15,23H,5-7,16-19H2,1-4H3,(H2,27,28,29). The Balaban J connectivity index is 1.58. The summed E-state index contributed by atoms with van der Waals surface area (Å²) in [5.41, 5.74) is 4.38. The smallest absolute Gasteiger partial charge is 0.253 e. The molecule has 1 fully saturated rings. The number of guanidine groups is 1. The van der Waals surface area contributed by atoms with Gasteiger partial charge in [0.25, 0.3) is 5.91 Å². The van der Waals surface area contributed by atoms with E-state index in [0.29, 0.717) is 12.6 Å². The van der Waals surface area contributed by atoms with Gasteiger partial charge in [-0.05, 0) is 63.9 Å². The molecule has 32 heavy (non-hydrogen) atoms. The number of nitrogens with zero attached hydrogens (tertiary/aromatic N) is 3. The fraction of sp³-hybridized carbons (Fsp3) is 0.462. The molecule has 2 aromatic rings. The third kappa shape index (κ3) is 6.25. The summed E-state index contributed by atoms with van der Waals surface area (Å²) in [7, 11) is 0. The number of hydrogen-bond acceptors (Lipinski definition) is 3. The minimum Gasteiger partial charge on any atom is -0.369 e. The largest absolute Gasteiger partial charge is 0.369 e. The molecule has 1 saturated heterocycles. The molecule has 1 aliphatic rings. The number of anilines is 1. The van der Waals surface area contributed by atoms with Crippen LogP contribution in [0.2, 0.25) is 0 Å². The van der Waals surface area contributed by atoms with Gasteiger partial charge in [0.15, 0.2) is 5.96 Å². The summed E-state index contributed by atoms with van der Waals surface area (Å²) in [5, 5.41) is 6.96. The Labute approximate surface area is 192 Å². The zero-order chi connectivity index (χ0) is 22.9. The lowest BCUT2D eigenvalue weighted by Gasteiger charge is -2.20. The lowest BCUT2D eigenvalue weighted by atomic mass is 10.1. The van der Waals surface area contributed by atoms with Gasteiger partial charge in [0.1, 0.15) is 0 Å². The number of carbonyl (C=O) groups excluding carboxylic acids is 1. The van der Waals surface area contributed by atoms with Crippen LogP contribution >= 0.6 is 0 Å². The first-order chi connectivity index (χ1) is 15.5. The molecule has 172 valence electrons. The van der Waals surface area contributed by atoms with E-state index in [4.69, 9.17) is 4.99 Å². The maximum Gasteiger partial charge on any atom is 0.253 e. The highest BCUT2D eigenvalue weighted by atomic mass is 16.2. The number of hydrogen-bond donors (Lipinski definition) is 2. The first kappa shape index (κ1) is 23.6. The van der Waals surface area contributed by atoms with E-state index in [2.05, 4.69) is 53.6 Å². The van der Waals surface area contributed by atoms with Crippen LogP contribution in [0, 0.1) is 6.92 Å². The molecule has 1 unspecified atom stereocenters. The lowest BCUT2D eigenvalue weighted by molar-refractivity contribution is 0.0773. The highest BCUT2D eigenvalue weighted by Crippen LogP contribution is 2.20. The number of nitrogens with one attached hydrogen (secondary N) is 2. The summed E-state index contributed by atoms with van der Waals surface area (Å²) < 4.78 is 0. The summed E-state index contributed by atoms with van der Waals surface area (Å²) >= 11 is 0. The Morgan fingerprint density at radius 3 is 2.38 bits per heavy atom. The van der Waals surface area contributed by atoms with E-state index < -0.39 is 0 Å². The summed E-state index contributed by atoms with van der Waals surface area (Å²) in [6.45, 7) is 13.1. The summed E-state index contributed by atoms with van der Waals surface area (Å²) in [5.74, 6) is 0.922. The van der Waals surface area contributed by atoms with Gasteiger partial charge in [0.2, 0.25) is 0 Å². The van der Waals surface area contributed by atoms with E-state index >= 15 is 0 Å². The predicted octanol–water partition coefficient (Wildman–Crippen LogP) is 3.81. The second kappa shape index (κ2) is 11.6. The number of benzene rings is 2. The maximum atomic E-state index is 12.5. The van der Waals surface area contributed by atoms with Gasteiger partial charge >= 0.3 is 0 Å². The van der Waals surface area contributed by atoms with Crippen LogP contribution in [-0.2, 0) is 6.54 Å². The zero-order valence-electron chi connectivity index (χ0n) is 19.9. The predicted molar refractivity (Wildman–Crippen MR) is 133 cm³/mol. The van der Waals surface area contributed by atoms with Gasteiger partial charge in [-0.25, -0.2) is 4.99 Å². The van der Waals surface area contributed by atoms with Crippen molar-refractivity contribution in [1.82, 2.24) is 15.5 Å². The minimum atomic E-state index is 0.0828.